The largest absolute Gasteiger partial charge is 0.457 e. The Morgan fingerprint density at radius 2 is 0.958 bits per heavy atom. The topological polar surface area (TPSA) is 33.5 Å². The molecule has 3 heterocycles. The van der Waals surface area contributed by atoms with E-state index in [1.54, 1.807) is 0 Å². The summed E-state index contributed by atoms with van der Waals surface area (Å²) in [7, 11) is 0. The zero-order chi connectivity index (χ0) is 51.1. The van der Waals surface area contributed by atoms with E-state index >= 15 is 0 Å². The highest BCUT2D eigenvalue weighted by atomic mass is 16.5. The lowest BCUT2D eigenvalue weighted by atomic mass is 9.78. The Morgan fingerprint density at radius 1 is 0.389 bits per heavy atom. The number of hydrogen-bond acceptors (Lipinski definition) is 4. The molecule has 5 nitrogen and oxygen atoms in total. The Morgan fingerprint density at radius 3 is 1.57 bits per heavy atom. The molecule has 0 atom stereocenters. The van der Waals surface area contributed by atoms with Gasteiger partial charge in [0.25, 0.3) is 0 Å². The molecule has 0 aliphatic carbocycles. The molecule has 0 bridgehead atoms. The molecule has 0 radical (unpaired) electrons. The van der Waals surface area contributed by atoms with Gasteiger partial charge < -0.3 is 14.5 Å². The first-order chi connectivity index (χ1) is 33.9. The number of aromatic nitrogens is 2. The Balaban J connectivity index is 1.06. The fourth-order valence-corrected chi connectivity index (χ4v) is 10.2. The number of anilines is 4. The first-order valence-electron chi connectivity index (χ1n) is 25.8. The second kappa shape index (κ2) is 17.6. The van der Waals surface area contributed by atoms with Crippen LogP contribution in [0.15, 0.2) is 170 Å². The van der Waals surface area contributed by atoms with Gasteiger partial charge in [0, 0.05) is 45.9 Å². The Bertz CT molecular complexity index is 3430. The quantitative estimate of drug-likeness (QED) is 0.152. The van der Waals surface area contributed by atoms with Crippen molar-refractivity contribution in [3.8, 4) is 28.4 Å². The van der Waals surface area contributed by atoms with Gasteiger partial charge in [0.2, 0.25) is 0 Å². The van der Waals surface area contributed by atoms with E-state index in [1.807, 2.05) is 6.20 Å². The SMILES string of the molecule is CC(C)(C)c1cc(-c2ccc3c(c2)c2ccc(Oc4cccc(N5CN(c6cc(C(C)(C)C)cc(C(C)(C)C)c6)c6ccccc65)c4)cc2n3-c2cc(C(C)(C)c3ccccc3)ccn2)cc(C(C)(C)C)c1. The average Bonchev–Trinajstić information content (AvgIpc) is 3.89. The van der Waals surface area contributed by atoms with Crippen LogP contribution >= 0.6 is 0 Å². The minimum atomic E-state index is -0.244. The van der Waals surface area contributed by atoms with Crippen LogP contribution in [0.2, 0.25) is 0 Å². The fourth-order valence-electron chi connectivity index (χ4n) is 10.2. The molecule has 72 heavy (non-hydrogen) atoms. The second-order valence-corrected chi connectivity index (χ2v) is 24.8. The molecule has 10 rings (SSSR count). The normalized spacial score (nSPS) is 13.6. The van der Waals surface area contributed by atoms with Crippen LogP contribution in [0.3, 0.4) is 0 Å². The highest BCUT2D eigenvalue weighted by Gasteiger charge is 2.31. The van der Waals surface area contributed by atoms with E-state index in [4.69, 9.17) is 9.72 Å². The van der Waals surface area contributed by atoms with Gasteiger partial charge in [-0.25, -0.2) is 4.98 Å². The molecule has 0 N–H and O–H groups in total. The van der Waals surface area contributed by atoms with Crippen LogP contribution in [0.5, 0.6) is 11.5 Å². The van der Waals surface area contributed by atoms with Crippen molar-refractivity contribution in [2.24, 2.45) is 0 Å². The highest BCUT2D eigenvalue weighted by Crippen LogP contribution is 2.47. The monoisotopic (exact) mass is 949 g/mol. The summed E-state index contributed by atoms with van der Waals surface area (Å²) in [5.41, 5.74) is 16.8. The summed E-state index contributed by atoms with van der Waals surface area (Å²) in [5.74, 6) is 2.40. The predicted molar refractivity (Wildman–Crippen MR) is 306 cm³/mol. The summed E-state index contributed by atoms with van der Waals surface area (Å²) >= 11 is 0. The van der Waals surface area contributed by atoms with Gasteiger partial charge in [-0.3, -0.25) is 4.57 Å². The molecule has 1 aliphatic heterocycles. The van der Waals surface area contributed by atoms with Crippen LogP contribution < -0.4 is 14.5 Å². The van der Waals surface area contributed by atoms with Gasteiger partial charge in [-0.15, -0.1) is 0 Å². The van der Waals surface area contributed by atoms with Gasteiger partial charge in [0.05, 0.1) is 22.4 Å². The molecule has 1 aliphatic rings. The first-order valence-corrected chi connectivity index (χ1v) is 25.8. The number of fused-ring (bicyclic) bond motifs is 4. The second-order valence-electron chi connectivity index (χ2n) is 24.8. The maximum atomic E-state index is 6.92. The molecular formula is C67H72N4O. The minimum Gasteiger partial charge on any atom is -0.457 e. The average molecular weight is 949 g/mol. The first kappa shape index (κ1) is 48.5. The molecule has 0 saturated heterocycles. The summed E-state index contributed by atoms with van der Waals surface area (Å²) < 4.78 is 9.25. The molecule has 0 amide bonds. The maximum Gasteiger partial charge on any atom is 0.137 e. The number of hydrogen-bond donors (Lipinski definition) is 0. The molecule has 0 spiro atoms. The lowest BCUT2D eigenvalue weighted by molar-refractivity contribution is 0.483. The number of ether oxygens (including phenoxy) is 1. The zero-order valence-electron chi connectivity index (χ0n) is 45.1. The van der Waals surface area contributed by atoms with Crippen LogP contribution in [0, 0.1) is 0 Å². The maximum absolute atomic E-state index is 6.92. The number of rotatable bonds is 8. The molecule has 2 aromatic heterocycles. The number of benzene rings is 7. The van der Waals surface area contributed by atoms with E-state index in [-0.39, 0.29) is 27.1 Å². The van der Waals surface area contributed by atoms with E-state index in [0.717, 1.165) is 39.4 Å². The lowest BCUT2D eigenvalue weighted by Gasteiger charge is -2.29. The molecular weight excluding hydrogens is 877 g/mol. The van der Waals surface area contributed by atoms with Crippen LogP contribution in [-0.4, -0.2) is 16.2 Å². The van der Waals surface area contributed by atoms with Crippen molar-refractivity contribution in [3.05, 3.63) is 203 Å². The van der Waals surface area contributed by atoms with Crippen molar-refractivity contribution < 1.29 is 4.74 Å². The summed E-state index contributed by atoms with van der Waals surface area (Å²) in [5, 5.41) is 2.31. The number of para-hydroxylation sites is 2. The Labute approximate surface area is 429 Å². The highest BCUT2D eigenvalue weighted by molar-refractivity contribution is 6.10. The van der Waals surface area contributed by atoms with Gasteiger partial charge in [-0.1, -0.05) is 176 Å². The third kappa shape index (κ3) is 9.19. The lowest BCUT2D eigenvalue weighted by Crippen LogP contribution is -2.25. The summed E-state index contributed by atoms with van der Waals surface area (Å²) in [4.78, 5) is 9.97. The van der Waals surface area contributed by atoms with E-state index in [0.29, 0.717) is 6.67 Å². The van der Waals surface area contributed by atoms with Crippen molar-refractivity contribution >= 4 is 44.6 Å². The number of nitrogens with zero attached hydrogens (tertiary/aromatic N) is 4. The molecule has 0 saturated carbocycles. The Hall–Kier alpha value is -7.11. The van der Waals surface area contributed by atoms with Crippen LogP contribution in [0.4, 0.5) is 22.7 Å². The third-order valence-corrected chi connectivity index (χ3v) is 15.0. The molecule has 7 aromatic carbocycles. The van der Waals surface area contributed by atoms with E-state index in [9.17, 15) is 0 Å². The molecule has 9 aromatic rings. The summed E-state index contributed by atoms with van der Waals surface area (Å²) in [6, 6.07) is 60.3. The summed E-state index contributed by atoms with van der Waals surface area (Å²) in [6.45, 7) is 32.9. The van der Waals surface area contributed by atoms with Crippen molar-refractivity contribution in [2.45, 2.75) is 124 Å². The van der Waals surface area contributed by atoms with Gasteiger partial charge in [0.15, 0.2) is 0 Å². The summed E-state index contributed by atoms with van der Waals surface area (Å²) in [6.07, 6.45) is 1.96. The van der Waals surface area contributed by atoms with E-state index in [1.165, 1.54) is 67.0 Å². The Kier molecular flexibility index (Phi) is 11.8. The molecule has 366 valence electrons. The van der Waals surface area contributed by atoms with Gasteiger partial charge in [-0.2, -0.15) is 0 Å². The zero-order valence-corrected chi connectivity index (χ0v) is 45.1. The van der Waals surface area contributed by atoms with E-state index in [2.05, 4.69) is 275 Å². The van der Waals surface area contributed by atoms with Crippen LogP contribution in [0.1, 0.15) is 130 Å². The van der Waals surface area contributed by atoms with E-state index < -0.39 is 0 Å². The molecule has 0 fully saturated rings. The van der Waals surface area contributed by atoms with Crippen molar-refractivity contribution in [3.63, 3.8) is 0 Å². The standard InChI is InChI=1S/C67H72N4O/c1-63(2,3)48-33-45(34-49(36-48)64(4,5)6)44-27-30-58-57(35-44)56-29-28-55(42-61(56)71(58)62-40-47(31-32-68-62)67(13,14)46-21-16-15-17-22-46)72-54-24-20-23-52(41-54)69-43-70(60-26-19-18-25-59(60)69)53-38-50(65(7,8)9)37-51(39-53)66(10,11)12/h15-42H,43H2,1-14H3. The third-order valence-electron chi connectivity index (χ3n) is 15.0. The predicted octanol–water partition coefficient (Wildman–Crippen LogP) is 18.4. The van der Waals surface area contributed by atoms with Crippen molar-refractivity contribution in [1.29, 1.82) is 0 Å². The minimum absolute atomic E-state index is 0.00466. The molecule has 0 unspecified atom stereocenters. The molecule has 5 heteroatoms. The van der Waals surface area contributed by atoms with Gasteiger partial charge in [0.1, 0.15) is 24.0 Å². The van der Waals surface area contributed by atoms with Crippen LogP contribution in [0.25, 0.3) is 38.8 Å². The van der Waals surface area contributed by atoms with Crippen molar-refractivity contribution in [2.75, 3.05) is 16.5 Å². The number of pyridine rings is 1. The van der Waals surface area contributed by atoms with Gasteiger partial charge in [-0.05, 0) is 139 Å². The van der Waals surface area contributed by atoms with Gasteiger partial charge >= 0.3 is 0 Å². The van der Waals surface area contributed by atoms with Crippen molar-refractivity contribution in [1.82, 2.24) is 9.55 Å². The van der Waals surface area contributed by atoms with Crippen LogP contribution in [-0.2, 0) is 27.1 Å². The fraction of sp³-hybridized carbons (Fsp3) is 0.299. The smallest absolute Gasteiger partial charge is 0.137 e.